The van der Waals surface area contributed by atoms with E-state index in [1.165, 1.54) is 6.07 Å². The molecular weight excluding hydrogens is 506 g/mol. The molecule has 0 spiro atoms. The molecule has 1 aromatic rings. The number of hydrogen-bond acceptors (Lipinski definition) is 1. The van der Waals surface area contributed by atoms with Crippen LogP contribution in [0.25, 0.3) is 0 Å². The van der Waals surface area contributed by atoms with Crippen LogP contribution in [0.1, 0.15) is 10.4 Å². The smallest absolute Gasteiger partial charge is 0.329 e. The Morgan fingerprint density at radius 3 is 2.53 bits per heavy atom. The van der Waals surface area contributed by atoms with Gasteiger partial charge in [0.05, 0.1) is 5.56 Å². The van der Waals surface area contributed by atoms with E-state index in [4.69, 9.17) is 0 Å². The van der Waals surface area contributed by atoms with Gasteiger partial charge in [0.25, 0.3) is 5.91 Å². The van der Waals surface area contributed by atoms with Gasteiger partial charge in [-0.1, -0.05) is 31.9 Å². The molecular formula is C11H9Br2F3INO. The average molecular weight is 515 g/mol. The van der Waals surface area contributed by atoms with E-state index < -0.39 is 18.6 Å². The second-order valence-corrected chi connectivity index (χ2v) is 6.53. The van der Waals surface area contributed by atoms with Gasteiger partial charge < -0.3 is 4.90 Å². The van der Waals surface area contributed by atoms with Crippen molar-refractivity contribution in [3.8, 4) is 0 Å². The molecule has 1 aromatic carbocycles. The normalized spacial score (nSPS) is 11.5. The minimum absolute atomic E-state index is 0.000929. The quantitative estimate of drug-likeness (QED) is 0.429. The summed E-state index contributed by atoms with van der Waals surface area (Å²) in [7, 11) is 0. The predicted molar refractivity (Wildman–Crippen MR) is 82.6 cm³/mol. The standard InChI is InChI=1S/C11H9Br2F3INO/c12-3-4-18(6-11(14,15)16)10(19)8-5-7(13)1-2-9(8)17/h1-2,5H,3-4,6H2. The number of nitrogens with zero attached hydrogens (tertiary/aromatic N) is 1. The highest BCUT2D eigenvalue weighted by atomic mass is 127. The van der Waals surface area contributed by atoms with E-state index >= 15 is 0 Å². The second kappa shape index (κ2) is 7.26. The maximum absolute atomic E-state index is 12.5. The zero-order chi connectivity index (χ0) is 14.6. The van der Waals surface area contributed by atoms with Crippen LogP contribution in [0.5, 0.6) is 0 Å². The van der Waals surface area contributed by atoms with Crippen molar-refractivity contribution in [1.29, 1.82) is 0 Å². The zero-order valence-electron chi connectivity index (χ0n) is 9.48. The largest absolute Gasteiger partial charge is 0.406 e. The summed E-state index contributed by atoms with van der Waals surface area (Å²) >= 11 is 8.20. The van der Waals surface area contributed by atoms with E-state index in [9.17, 15) is 18.0 Å². The van der Waals surface area contributed by atoms with Gasteiger partial charge >= 0.3 is 6.18 Å². The molecule has 1 rings (SSSR count). The topological polar surface area (TPSA) is 20.3 Å². The van der Waals surface area contributed by atoms with Crippen LogP contribution in [0.15, 0.2) is 22.7 Å². The molecule has 0 unspecified atom stereocenters. The van der Waals surface area contributed by atoms with E-state index in [2.05, 4.69) is 31.9 Å². The van der Waals surface area contributed by atoms with Crippen molar-refractivity contribution < 1.29 is 18.0 Å². The monoisotopic (exact) mass is 513 g/mol. The van der Waals surface area contributed by atoms with Gasteiger partial charge in [-0.25, -0.2) is 0 Å². The summed E-state index contributed by atoms with van der Waals surface area (Å²) in [5, 5.41) is 0.291. The van der Waals surface area contributed by atoms with Gasteiger partial charge in [0, 0.05) is 19.9 Å². The number of carbonyl (C=O) groups is 1. The molecule has 0 aliphatic heterocycles. The molecule has 0 radical (unpaired) electrons. The summed E-state index contributed by atoms with van der Waals surface area (Å²) < 4.78 is 38.7. The van der Waals surface area contributed by atoms with E-state index in [0.29, 0.717) is 13.4 Å². The van der Waals surface area contributed by atoms with Gasteiger partial charge in [-0.3, -0.25) is 4.79 Å². The van der Waals surface area contributed by atoms with Gasteiger partial charge in [0.15, 0.2) is 0 Å². The molecule has 106 valence electrons. The third kappa shape index (κ3) is 5.58. The highest BCUT2D eigenvalue weighted by Crippen LogP contribution is 2.22. The number of alkyl halides is 4. The summed E-state index contributed by atoms with van der Waals surface area (Å²) in [4.78, 5) is 13.0. The lowest BCUT2D eigenvalue weighted by atomic mass is 10.2. The molecule has 0 fully saturated rings. The van der Waals surface area contributed by atoms with Crippen molar-refractivity contribution >= 4 is 60.4 Å². The van der Waals surface area contributed by atoms with Crippen molar-refractivity contribution in [1.82, 2.24) is 4.90 Å². The molecule has 8 heteroatoms. The Bertz CT molecular complexity index is 468. The number of benzene rings is 1. The Hall–Kier alpha value is 0.170. The fourth-order valence-electron chi connectivity index (χ4n) is 1.40. The maximum Gasteiger partial charge on any atom is 0.406 e. The van der Waals surface area contributed by atoms with Gasteiger partial charge in [0.1, 0.15) is 6.54 Å². The molecule has 0 aromatic heterocycles. The summed E-state index contributed by atoms with van der Waals surface area (Å²) in [5.41, 5.74) is 0.264. The summed E-state index contributed by atoms with van der Waals surface area (Å²) in [6, 6.07) is 4.94. The predicted octanol–water partition coefficient (Wildman–Crippen LogP) is 4.45. The van der Waals surface area contributed by atoms with Crippen molar-refractivity contribution in [2.45, 2.75) is 6.18 Å². The molecule has 0 aliphatic carbocycles. The fourth-order valence-corrected chi connectivity index (χ4v) is 2.76. The molecule has 0 N–H and O–H groups in total. The maximum atomic E-state index is 12.5. The van der Waals surface area contributed by atoms with Gasteiger partial charge in [-0.05, 0) is 40.8 Å². The van der Waals surface area contributed by atoms with E-state index in [0.717, 1.165) is 4.90 Å². The Labute approximate surface area is 139 Å². The average Bonchev–Trinajstić information content (AvgIpc) is 2.29. The number of halogens is 6. The van der Waals surface area contributed by atoms with Crippen LogP contribution < -0.4 is 0 Å². The summed E-state index contributed by atoms with van der Waals surface area (Å²) in [6.45, 7) is -1.25. The molecule has 0 saturated carbocycles. The van der Waals surface area contributed by atoms with Gasteiger partial charge in [-0.2, -0.15) is 13.2 Å². The summed E-state index contributed by atoms with van der Waals surface area (Å²) in [6.07, 6.45) is -4.41. The minimum atomic E-state index is -4.41. The van der Waals surface area contributed by atoms with Crippen LogP contribution in [0.4, 0.5) is 13.2 Å². The van der Waals surface area contributed by atoms with Crippen LogP contribution >= 0.6 is 54.5 Å². The molecule has 19 heavy (non-hydrogen) atoms. The van der Waals surface area contributed by atoms with Gasteiger partial charge in [-0.15, -0.1) is 0 Å². The highest BCUT2D eigenvalue weighted by molar-refractivity contribution is 14.1. The molecule has 0 atom stereocenters. The fraction of sp³-hybridized carbons (Fsp3) is 0.364. The van der Waals surface area contributed by atoms with Crippen LogP contribution in [-0.2, 0) is 0 Å². The van der Waals surface area contributed by atoms with Crippen molar-refractivity contribution in [2.75, 3.05) is 18.4 Å². The Morgan fingerprint density at radius 2 is 2.00 bits per heavy atom. The zero-order valence-corrected chi connectivity index (χ0v) is 14.8. The lowest BCUT2D eigenvalue weighted by Gasteiger charge is -2.23. The SMILES string of the molecule is O=C(c1cc(Br)ccc1I)N(CCBr)CC(F)(F)F. The molecule has 1 amide bonds. The van der Waals surface area contributed by atoms with E-state index in [1.54, 1.807) is 12.1 Å². The first-order valence-electron chi connectivity index (χ1n) is 5.11. The molecule has 0 aliphatic rings. The highest BCUT2D eigenvalue weighted by Gasteiger charge is 2.33. The van der Waals surface area contributed by atoms with E-state index in [-0.39, 0.29) is 12.1 Å². The Balaban J connectivity index is 3.02. The first kappa shape index (κ1) is 17.2. The molecule has 0 heterocycles. The number of hydrogen-bond donors (Lipinski definition) is 0. The van der Waals surface area contributed by atoms with Crippen LogP contribution in [0, 0.1) is 3.57 Å². The number of amides is 1. The van der Waals surface area contributed by atoms with Crippen LogP contribution in [0.3, 0.4) is 0 Å². The first-order chi connectivity index (χ1) is 8.74. The number of rotatable bonds is 4. The lowest BCUT2D eigenvalue weighted by molar-refractivity contribution is -0.140. The number of carbonyl (C=O) groups excluding carboxylic acids is 1. The lowest BCUT2D eigenvalue weighted by Crippen LogP contribution is -2.40. The Morgan fingerprint density at radius 1 is 1.37 bits per heavy atom. The molecule has 0 saturated heterocycles. The minimum Gasteiger partial charge on any atom is -0.329 e. The van der Waals surface area contributed by atoms with Crippen molar-refractivity contribution in [2.24, 2.45) is 0 Å². The van der Waals surface area contributed by atoms with Crippen molar-refractivity contribution in [3.63, 3.8) is 0 Å². The van der Waals surface area contributed by atoms with Crippen LogP contribution in [0.2, 0.25) is 0 Å². The molecule has 2 nitrogen and oxygen atoms in total. The van der Waals surface area contributed by atoms with Gasteiger partial charge in [0.2, 0.25) is 0 Å². The third-order valence-corrected chi connectivity index (χ3v) is 3.96. The summed E-state index contributed by atoms with van der Waals surface area (Å²) in [5.74, 6) is -0.623. The second-order valence-electron chi connectivity index (χ2n) is 3.66. The van der Waals surface area contributed by atoms with Crippen molar-refractivity contribution in [3.05, 3.63) is 31.8 Å². The molecule has 0 bridgehead atoms. The Kier molecular flexibility index (Phi) is 6.58. The third-order valence-electron chi connectivity index (χ3n) is 2.17. The first-order valence-corrected chi connectivity index (χ1v) is 8.11. The van der Waals surface area contributed by atoms with E-state index in [1.807, 2.05) is 22.6 Å². The van der Waals surface area contributed by atoms with Crippen LogP contribution in [-0.4, -0.2) is 35.4 Å².